The molecular weight excluding hydrogens is 506 g/mol. The third-order valence-corrected chi connectivity index (χ3v) is 7.94. The van der Waals surface area contributed by atoms with Crippen LogP contribution in [0.3, 0.4) is 0 Å². The van der Waals surface area contributed by atoms with Gasteiger partial charge in [0.1, 0.15) is 12.4 Å². The second-order valence-corrected chi connectivity index (χ2v) is 10.3. The van der Waals surface area contributed by atoms with Crippen molar-refractivity contribution in [3.05, 3.63) is 137 Å². The summed E-state index contributed by atoms with van der Waals surface area (Å²) in [4.78, 5) is 14.1. The summed E-state index contributed by atoms with van der Waals surface area (Å²) >= 11 is 0. The normalized spacial score (nSPS) is 12.7. The van der Waals surface area contributed by atoms with Crippen molar-refractivity contribution in [1.82, 2.24) is 9.88 Å². The molecule has 0 aliphatic carbocycles. The zero-order chi connectivity index (χ0) is 27.8. The molecule has 1 aromatic heterocycles. The number of hydrogen-bond acceptors (Lipinski definition) is 4. The van der Waals surface area contributed by atoms with Crippen LogP contribution >= 0.6 is 0 Å². The third kappa shape index (κ3) is 4.45. The van der Waals surface area contributed by atoms with E-state index in [4.69, 9.17) is 4.74 Å². The zero-order valence-electron chi connectivity index (χ0n) is 22.4. The molecule has 1 aliphatic rings. The Labute approximate surface area is 238 Å². The molecule has 5 nitrogen and oxygen atoms in total. The molecule has 6 aromatic rings. The SMILES string of the molecule is N#Cc1ccccc1-c1ccc(COc2ccc3c(c2)c2c(n3C(=O)c3cccc4ccccc34)CNCC2)cc1. The Kier molecular flexibility index (Phi) is 6.31. The van der Waals surface area contributed by atoms with E-state index in [1.807, 2.05) is 108 Å². The molecule has 1 aliphatic heterocycles. The van der Waals surface area contributed by atoms with Gasteiger partial charge in [-0.1, -0.05) is 78.9 Å². The number of rotatable bonds is 5. The van der Waals surface area contributed by atoms with E-state index in [1.165, 1.54) is 5.56 Å². The average molecular weight is 534 g/mol. The fourth-order valence-electron chi connectivity index (χ4n) is 5.91. The van der Waals surface area contributed by atoms with Gasteiger partial charge < -0.3 is 10.1 Å². The number of benzene rings is 5. The second kappa shape index (κ2) is 10.4. The van der Waals surface area contributed by atoms with Crippen molar-refractivity contribution in [3.8, 4) is 22.9 Å². The first-order chi connectivity index (χ1) is 20.2. The monoisotopic (exact) mass is 533 g/mol. The topological polar surface area (TPSA) is 67.0 Å². The largest absolute Gasteiger partial charge is 0.489 e. The summed E-state index contributed by atoms with van der Waals surface area (Å²) in [5.74, 6) is 0.760. The highest BCUT2D eigenvalue weighted by Crippen LogP contribution is 2.33. The minimum atomic E-state index is -0.0107. The van der Waals surface area contributed by atoms with Gasteiger partial charge >= 0.3 is 0 Å². The zero-order valence-corrected chi connectivity index (χ0v) is 22.4. The van der Waals surface area contributed by atoms with Crippen LogP contribution in [0.4, 0.5) is 0 Å². The Morgan fingerprint density at radius 2 is 1.68 bits per heavy atom. The maximum Gasteiger partial charge on any atom is 0.263 e. The van der Waals surface area contributed by atoms with Crippen molar-refractivity contribution < 1.29 is 9.53 Å². The third-order valence-electron chi connectivity index (χ3n) is 7.94. The molecule has 41 heavy (non-hydrogen) atoms. The van der Waals surface area contributed by atoms with Crippen molar-refractivity contribution in [2.75, 3.05) is 6.54 Å². The van der Waals surface area contributed by atoms with E-state index in [1.54, 1.807) is 0 Å². The van der Waals surface area contributed by atoms with Crippen LogP contribution in [-0.4, -0.2) is 17.0 Å². The molecule has 0 fully saturated rings. The first-order valence-electron chi connectivity index (χ1n) is 13.8. The number of hydrogen-bond donors (Lipinski definition) is 1. The van der Waals surface area contributed by atoms with Gasteiger partial charge in [-0.3, -0.25) is 9.36 Å². The molecule has 5 aromatic carbocycles. The van der Waals surface area contributed by atoms with Crippen molar-refractivity contribution in [2.24, 2.45) is 0 Å². The second-order valence-electron chi connectivity index (χ2n) is 10.3. The molecular formula is C36H27N3O2. The first kappa shape index (κ1) is 24.8. The average Bonchev–Trinajstić information content (AvgIpc) is 3.37. The summed E-state index contributed by atoms with van der Waals surface area (Å²) in [5.41, 5.74) is 7.47. The van der Waals surface area contributed by atoms with Gasteiger partial charge in [-0.15, -0.1) is 0 Å². The molecule has 198 valence electrons. The molecule has 0 amide bonds. The summed E-state index contributed by atoms with van der Waals surface area (Å²) in [6.07, 6.45) is 0.858. The lowest BCUT2D eigenvalue weighted by Gasteiger charge is -2.17. The highest BCUT2D eigenvalue weighted by atomic mass is 16.5. The van der Waals surface area contributed by atoms with Gasteiger partial charge in [-0.05, 0) is 76.3 Å². The van der Waals surface area contributed by atoms with Gasteiger partial charge in [0.25, 0.3) is 5.91 Å². The molecule has 0 saturated carbocycles. The summed E-state index contributed by atoms with van der Waals surface area (Å²) in [5, 5.41) is 16.0. The van der Waals surface area contributed by atoms with Crippen LogP contribution in [0.5, 0.6) is 5.75 Å². The molecule has 0 atom stereocenters. The fraction of sp³-hybridized carbons (Fsp3) is 0.111. The lowest BCUT2D eigenvalue weighted by atomic mass is 9.99. The molecule has 0 spiro atoms. The number of carbonyl (C=O) groups excluding carboxylic acids is 1. The standard InChI is InChI=1S/C36H27N3O2/c37-21-27-7-2-3-9-29(27)26-14-12-24(13-15-26)23-41-28-16-17-34-33(20-28)31-18-19-38-22-35(31)39(34)36(40)32-11-5-8-25-6-1-4-10-30(25)32/h1-17,20,38H,18-19,22-23H2. The Morgan fingerprint density at radius 1 is 0.878 bits per heavy atom. The van der Waals surface area contributed by atoms with Gasteiger partial charge in [0.05, 0.1) is 17.1 Å². The van der Waals surface area contributed by atoms with Crippen LogP contribution in [0.2, 0.25) is 0 Å². The van der Waals surface area contributed by atoms with Crippen molar-refractivity contribution in [1.29, 1.82) is 5.26 Å². The van der Waals surface area contributed by atoms with Crippen molar-refractivity contribution in [2.45, 2.75) is 19.6 Å². The molecule has 2 heterocycles. The minimum absolute atomic E-state index is 0.0107. The minimum Gasteiger partial charge on any atom is -0.489 e. The van der Waals surface area contributed by atoms with Crippen LogP contribution in [0.15, 0.2) is 109 Å². The lowest BCUT2D eigenvalue weighted by Crippen LogP contribution is -2.27. The van der Waals surface area contributed by atoms with E-state index in [9.17, 15) is 10.1 Å². The molecule has 0 saturated heterocycles. The molecule has 0 unspecified atom stereocenters. The maximum atomic E-state index is 14.1. The van der Waals surface area contributed by atoms with Crippen LogP contribution in [-0.2, 0) is 19.6 Å². The molecule has 7 rings (SSSR count). The Balaban J connectivity index is 1.19. The van der Waals surface area contributed by atoms with Crippen LogP contribution < -0.4 is 10.1 Å². The fourth-order valence-corrected chi connectivity index (χ4v) is 5.91. The van der Waals surface area contributed by atoms with Crippen molar-refractivity contribution in [3.63, 3.8) is 0 Å². The van der Waals surface area contributed by atoms with E-state index < -0.39 is 0 Å². The summed E-state index contributed by atoms with van der Waals surface area (Å²) in [7, 11) is 0. The van der Waals surface area contributed by atoms with Crippen LogP contribution in [0, 0.1) is 11.3 Å². The van der Waals surface area contributed by atoms with Crippen LogP contribution in [0.25, 0.3) is 32.8 Å². The molecule has 1 N–H and O–H groups in total. The molecule has 0 bridgehead atoms. The van der Waals surface area contributed by atoms with Gasteiger partial charge in [0.2, 0.25) is 0 Å². The van der Waals surface area contributed by atoms with E-state index >= 15 is 0 Å². The van der Waals surface area contributed by atoms with Gasteiger partial charge in [0, 0.05) is 23.2 Å². The summed E-state index contributed by atoms with van der Waals surface area (Å²) in [6.45, 7) is 1.95. The van der Waals surface area contributed by atoms with E-state index in [0.717, 1.165) is 62.8 Å². The number of aromatic nitrogens is 1. The van der Waals surface area contributed by atoms with Gasteiger partial charge in [-0.2, -0.15) is 5.26 Å². The first-order valence-corrected chi connectivity index (χ1v) is 13.8. The Morgan fingerprint density at radius 3 is 2.56 bits per heavy atom. The number of nitriles is 1. The molecule has 0 radical (unpaired) electrons. The highest BCUT2D eigenvalue weighted by Gasteiger charge is 2.25. The number of fused-ring (bicyclic) bond motifs is 4. The maximum absolute atomic E-state index is 14.1. The van der Waals surface area contributed by atoms with Gasteiger partial charge in [-0.25, -0.2) is 0 Å². The highest BCUT2D eigenvalue weighted by molar-refractivity contribution is 6.11. The summed E-state index contributed by atoms with van der Waals surface area (Å²) < 4.78 is 8.12. The Bertz CT molecular complexity index is 1970. The molecule has 5 heteroatoms. The van der Waals surface area contributed by atoms with E-state index in [-0.39, 0.29) is 5.91 Å². The Hall–Kier alpha value is -5.18. The number of nitrogens with one attached hydrogen (secondary N) is 1. The van der Waals surface area contributed by atoms with Crippen molar-refractivity contribution >= 4 is 27.6 Å². The predicted octanol–water partition coefficient (Wildman–Crippen LogP) is 7.25. The lowest BCUT2D eigenvalue weighted by molar-refractivity contribution is 0.0963. The van der Waals surface area contributed by atoms with Crippen LogP contribution in [0.1, 0.15) is 32.7 Å². The quantitative estimate of drug-likeness (QED) is 0.254. The smallest absolute Gasteiger partial charge is 0.263 e. The summed E-state index contributed by atoms with van der Waals surface area (Å²) in [6, 6.07) is 38.0. The van der Waals surface area contributed by atoms with Gasteiger partial charge in [0.15, 0.2) is 0 Å². The number of nitrogens with zero attached hydrogens (tertiary/aromatic N) is 2. The number of carbonyl (C=O) groups is 1. The predicted molar refractivity (Wildman–Crippen MR) is 162 cm³/mol. The number of ether oxygens (including phenoxy) is 1. The van der Waals surface area contributed by atoms with E-state index in [0.29, 0.717) is 24.3 Å². The van der Waals surface area contributed by atoms with E-state index in [2.05, 4.69) is 17.5 Å².